The molecule has 0 radical (unpaired) electrons. The van der Waals surface area contributed by atoms with Crippen LogP contribution in [0.25, 0.3) is 22.0 Å². The maximum absolute atomic E-state index is 13.2. The maximum Gasteiger partial charge on any atom is 0.416 e. The second kappa shape index (κ2) is 8.02. The van der Waals surface area contributed by atoms with Crippen LogP contribution in [0.4, 0.5) is 18.9 Å². The van der Waals surface area contributed by atoms with E-state index in [0.29, 0.717) is 28.8 Å². The average molecular weight is 409 g/mol. The van der Waals surface area contributed by atoms with E-state index in [1.165, 1.54) is 12.3 Å². The Morgan fingerprint density at radius 3 is 2.70 bits per heavy atom. The topological polar surface area (TPSA) is 57.8 Å². The first-order chi connectivity index (χ1) is 14.4. The SMILES string of the molecule is O=C(CCc1ccc(C(F)(F)F)cc1-c1cccnc1)Nc1ccc2cc[nH]c2c1. The number of amides is 1. The molecule has 2 heterocycles. The van der Waals surface area contributed by atoms with Gasteiger partial charge in [-0.15, -0.1) is 0 Å². The molecule has 2 N–H and O–H groups in total. The molecular weight excluding hydrogens is 391 g/mol. The van der Waals surface area contributed by atoms with E-state index in [9.17, 15) is 18.0 Å². The fourth-order valence-electron chi connectivity index (χ4n) is 3.36. The Morgan fingerprint density at radius 2 is 1.93 bits per heavy atom. The van der Waals surface area contributed by atoms with Gasteiger partial charge in [0.1, 0.15) is 0 Å². The minimum atomic E-state index is -4.44. The standard InChI is InChI=1S/C23H18F3N3O/c24-23(25,26)18-6-3-15(20(12-18)17-2-1-10-27-14-17)5-8-22(30)29-19-7-4-16-9-11-28-21(16)13-19/h1-4,6-7,9-14,28H,5,8H2,(H,29,30). The van der Waals surface area contributed by atoms with Crippen molar-refractivity contribution in [2.45, 2.75) is 19.0 Å². The van der Waals surface area contributed by atoms with Crippen LogP contribution >= 0.6 is 0 Å². The predicted molar refractivity (Wildman–Crippen MR) is 110 cm³/mol. The quantitative estimate of drug-likeness (QED) is 0.436. The van der Waals surface area contributed by atoms with Gasteiger partial charge in [-0.1, -0.05) is 18.2 Å². The van der Waals surface area contributed by atoms with Crippen LogP contribution in [0.2, 0.25) is 0 Å². The summed E-state index contributed by atoms with van der Waals surface area (Å²) in [6, 6.07) is 14.5. The first-order valence-electron chi connectivity index (χ1n) is 9.38. The Bertz CT molecular complexity index is 1180. The van der Waals surface area contributed by atoms with Crippen LogP contribution in [0.1, 0.15) is 17.5 Å². The molecule has 0 aliphatic rings. The van der Waals surface area contributed by atoms with Crippen LogP contribution in [-0.2, 0) is 17.4 Å². The molecule has 0 saturated carbocycles. The molecule has 0 aliphatic carbocycles. The third-order valence-electron chi connectivity index (χ3n) is 4.87. The highest BCUT2D eigenvalue weighted by molar-refractivity contribution is 5.93. The van der Waals surface area contributed by atoms with E-state index in [4.69, 9.17) is 0 Å². The molecule has 0 bridgehead atoms. The number of fused-ring (bicyclic) bond motifs is 1. The van der Waals surface area contributed by atoms with Crippen molar-refractivity contribution in [1.82, 2.24) is 9.97 Å². The van der Waals surface area contributed by atoms with Crippen molar-refractivity contribution in [1.29, 1.82) is 0 Å². The largest absolute Gasteiger partial charge is 0.416 e. The van der Waals surface area contributed by atoms with E-state index in [-0.39, 0.29) is 12.3 Å². The van der Waals surface area contributed by atoms with Gasteiger partial charge in [0.2, 0.25) is 5.91 Å². The molecule has 2 aromatic heterocycles. The number of pyridine rings is 1. The minimum absolute atomic E-state index is 0.140. The molecule has 4 aromatic rings. The number of alkyl halides is 3. The Labute approximate surface area is 170 Å². The second-order valence-corrected chi connectivity index (χ2v) is 6.94. The van der Waals surface area contributed by atoms with E-state index in [0.717, 1.165) is 23.0 Å². The summed E-state index contributed by atoms with van der Waals surface area (Å²) in [7, 11) is 0. The van der Waals surface area contributed by atoms with Crippen molar-refractivity contribution in [2.24, 2.45) is 0 Å². The number of aromatic amines is 1. The molecule has 0 spiro atoms. The number of nitrogens with one attached hydrogen (secondary N) is 2. The van der Waals surface area contributed by atoms with Gasteiger partial charge >= 0.3 is 6.18 Å². The van der Waals surface area contributed by atoms with Gasteiger partial charge in [-0.3, -0.25) is 9.78 Å². The zero-order chi connectivity index (χ0) is 21.1. The molecule has 0 unspecified atom stereocenters. The summed E-state index contributed by atoms with van der Waals surface area (Å²) < 4.78 is 39.5. The monoisotopic (exact) mass is 409 g/mol. The molecule has 30 heavy (non-hydrogen) atoms. The van der Waals surface area contributed by atoms with Gasteiger partial charge in [0.25, 0.3) is 0 Å². The third kappa shape index (κ3) is 4.35. The summed E-state index contributed by atoms with van der Waals surface area (Å²) in [5, 5.41) is 3.88. The molecule has 4 nitrogen and oxygen atoms in total. The highest BCUT2D eigenvalue weighted by Crippen LogP contribution is 2.34. The van der Waals surface area contributed by atoms with Gasteiger partial charge in [-0.2, -0.15) is 13.2 Å². The maximum atomic E-state index is 13.2. The number of rotatable bonds is 5. The molecule has 1 amide bonds. The van der Waals surface area contributed by atoms with Crippen LogP contribution in [-0.4, -0.2) is 15.9 Å². The first-order valence-corrected chi connectivity index (χ1v) is 9.38. The Morgan fingerprint density at radius 1 is 1.07 bits per heavy atom. The number of H-pyrrole nitrogens is 1. The van der Waals surface area contributed by atoms with Crippen LogP contribution in [0.15, 0.2) is 73.2 Å². The summed E-state index contributed by atoms with van der Waals surface area (Å²) >= 11 is 0. The van der Waals surface area contributed by atoms with Crippen LogP contribution < -0.4 is 5.32 Å². The molecule has 0 aliphatic heterocycles. The summed E-state index contributed by atoms with van der Waals surface area (Å²) in [4.78, 5) is 19.5. The molecule has 0 saturated heterocycles. The number of hydrogen-bond donors (Lipinski definition) is 2. The first kappa shape index (κ1) is 19.7. The van der Waals surface area contributed by atoms with E-state index in [1.807, 2.05) is 30.5 Å². The lowest BCUT2D eigenvalue weighted by Crippen LogP contribution is -2.13. The smallest absolute Gasteiger partial charge is 0.361 e. The highest BCUT2D eigenvalue weighted by atomic mass is 19.4. The van der Waals surface area contributed by atoms with Gasteiger partial charge in [0.05, 0.1) is 5.56 Å². The van der Waals surface area contributed by atoms with E-state index < -0.39 is 11.7 Å². The molecule has 152 valence electrons. The Kier molecular flexibility index (Phi) is 5.27. The van der Waals surface area contributed by atoms with Crippen LogP contribution in [0.5, 0.6) is 0 Å². The average Bonchev–Trinajstić information content (AvgIpc) is 3.20. The number of nitrogens with zero attached hydrogens (tertiary/aromatic N) is 1. The summed E-state index contributed by atoms with van der Waals surface area (Å²) in [5.74, 6) is -0.210. The fourth-order valence-corrected chi connectivity index (χ4v) is 3.36. The summed E-state index contributed by atoms with van der Waals surface area (Å²) in [6.07, 6.45) is 0.903. The van der Waals surface area contributed by atoms with Gasteiger partial charge in [-0.25, -0.2) is 0 Å². The lowest BCUT2D eigenvalue weighted by molar-refractivity contribution is -0.137. The van der Waals surface area contributed by atoms with E-state index in [2.05, 4.69) is 15.3 Å². The Hall–Kier alpha value is -3.61. The molecule has 7 heteroatoms. The van der Waals surface area contributed by atoms with Crippen LogP contribution in [0, 0.1) is 0 Å². The number of carbonyl (C=O) groups is 1. The van der Waals surface area contributed by atoms with Gasteiger partial charge in [0.15, 0.2) is 0 Å². The van der Waals surface area contributed by atoms with Crippen molar-refractivity contribution in [3.8, 4) is 11.1 Å². The Balaban J connectivity index is 1.52. The van der Waals surface area contributed by atoms with E-state index in [1.54, 1.807) is 18.3 Å². The van der Waals surface area contributed by atoms with Crippen molar-refractivity contribution < 1.29 is 18.0 Å². The van der Waals surface area contributed by atoms with Crippen molar-refractivity contribution >= 4 is 22.5 Å². The summed E-state index contributed by atoms with van der Waals surface area (Å²) in [5.41, 5.74) is 2.51. The highest BCUT2D eigenvalue weighted by Gasteiger charge is 2.31. The summed E-state index contributed by atoms with van der Waals surface area (Å²) in [6.45, 7) is 0. The lowest BCUT2D eigenvalue weighted by Gasteiger charge is -2.14. The molecule has 0 atom stereocenters. The second-order valence-electron chi connectivity index (χ2n) is 6.94. The zero-order valence-corrected chi connectivity index (χ0v) is 15.8. The molecule has 2 aromatic carbocycles. The van der Waals surface area contributed by atoms with Gasteiger partial charge in [0, 0.05) is 41.8 Å². The molecule has 4 rings (SSSR count). The molecular formula is C23H18F3N3O. The van der Waals surface area contributed by atoms with Gasteiger partial charge < -0.3 is 10.3 Å². The number of benzene rings is 2. The fraction of sp³-hybridized carbons (Fsp3) is 0.130. The minimum Gasteiger partial charge on any atom is -0.361 e. The third-order valence-corrected chi connectivity index (χ3v) is 4.87. The number of aromatic nitrogens is 2. The number of anilines is 1. The number of hydrogen-bond acceptors (Lipinski definition) is 2. The van der Waals surface area contributed by atoms with Crippen molar-refractivity contribution in [3.63, 3.8) is 0 Å². The number of halogens is 3. The van der Waals surface area contributed by atoms with Gasteiger partial charge in [-0.05, 0) is 59.3 Å². The van der Waals surface area contributed by atoms with E-state index >= 15 is 0 Å². The normalized spacial score (nSPS) is 11.6. The predicted octanol–water partition coefficient (Wildman–Crippen LogP) is 5.82. The van der Waals surface area contributed by atoms with Crippen molar-refractivity contribution in [2.75, 3.05) is 5.32 Å². The zero-order valence-electron chi connectivity index (χ0n) is 15.8. The lowest BCUT2D eigenvalue weighted by atomic mass is 9.95. The molecule has 0 fully saturated rings. The van der Waals surface area contributed by atoms with Crippen LogP contribution in [0.3, 0.4) is 0 Å². The van der Waals surface area contributed by atoms with Crippen molar-refractivity contribution in [3.05, 3.63) is 84.3 Å². The number of carbonyl (C=O) groups excluding carboxylic acids is 1. The number of aryl methyl sites for hydroxylation is 1.